The van der Waals surface area contributed by atoms with E-state index in [1.807, 2.05) is 43.3 Å². The first-order valence-corrected chi connectivity index (χ1v) is 6.79. The number of carbonyl (C=O) groups is 1. The van der Waals surface area contributed by atoms with E-state index in [1.54, 1.807) is 36.6 Å². The molecule has 4 nitrogen and oxygen atoms in total. The number of hydrogen-bond donors (Lipinski definition) is 1. The third-order valence-corrected chi connectivity index (χ3v) is 3.04. The largest absolute Gasteiger partial charge is 0.350 e. The first-order valence-electron chi connectivity index (χ1n) is 6.79. The lowest BCUT2D eigenvalue weighted by Crippen LogP contribution is -2.26. The smallest absolute Gasteiger partial charge is 0.253 e. The topological polar surface area (TPSA) is 49.0 Å². The Hall–Kier alpha value is -2.62. The van der Waals surface area contributed by atoms with Gasteiger partial charge in [-0.1, -0.05) is 30.3 Å². The molecule has 0 fully saturated rings. The first kappa shape index (κ1) is 14.8. The fourth-order valence-electron chi connectivity index (χ4n) is 1.98. The molecule has 0 aliphatic heterocycles. The quantitative estimate of drug-likeness (QED) is 0.939. The van der Waals surface area contributed by atoms with Crippen LogP contribution in [0, 0.1) is 6.92 Å². The Bertz CT molecular complexity index is 648. The van der Waals surface area contributed by atoms with Crippen LogP contribution >= 0.6 is 0 Å². The Balaban J connectivity index is 2.24. The predicted molar refractivity (Wildman–Crippen MR) is 83.2 cm³/mol. The number of aromatic amines is 1. The van der Waals surface area contributed by atoms with Crippen molar-refractivity contribution in [3.05, 3.63) is 77.9 Å². The van der Waals surface area contributed by atoms with Gasteiger partial charge in [-0.2, -0.15) is 0 Å². The second-order valence-electron chi connectivity index (χ2n) is 4.86. The Kier molecular flexibility index (Phi) is 5.10. The standard InChI is InChI=1S/C17H19N3O/c1-14-11-16(9-6-10-18-13-19-14)17(21)20(2)12-15-7-4-3-5-8-15/h3-11,13H,12H2,1-2H3,(H,18,19). The van der Waals surface area contributed by atoms with E-state index in [-0.39, 0.29) is 5.91 Å². The molecule has 0 atom stereocenters. The second kappa shape index (κ2) is 7.24. The molecule has 0 bridgehead atoms. The molecule has 1 aromatic heterocycles. The molecule has 21 heavy (non-hydrogen) atoms. The van der Waals surface area contributed by atoms with Crippen molar-refractivity contribution in [2.75, 3.05) is 7.05 Å². The molecule has 4 heteroatoms. The van der Waals surface area contributed by atoms with Crippen LogP contribution in [0.1, 0.15) is 21.6 Å². The molecule has 0 unspecified atom stereocenters. The molecule has 0 radical (unpaired) electrons. The molecule has 0 saturated heterocycles. The number of rotatable bonds is 3. The normalized spacial score (nSPS) is 9.81. The molecule has 1 heterocycles. The van der Waals surface area contributed by atoms with E-state index < -0.39 is 0 Å². The first-order chi connectivity index (χ1) is 10.2. The van der Waals surface area contributed by atoms with Crippen molar-refractivity contribution in [1.82, 2.24) is 14.9 Å². The Morgan fingerprint density at radius 2 is 1.95 bits per heavy atom. The van der Waals surface area contributed by atoms with Crippen LogP contribution in [0.5, 0.6) is 0 Å². The number of aromatic nitrogens is 2. The van der Waals surface area contributed by atoms with E-state index in [4.69, 9.17) is 0 Å². The molecule has 1 N–H and O–H groups in total. The van der Waals surface area contributed by atoms with Crippen LogP contribution in [0.4, 0.5) is 0 Å². The summed E-state index contributed by atoms with van der Waals surface area (Å²) in [5.41, 5.74) is 2.60. The highest BCUT2D eigenvalue weighted by Crippen LogP contribution is 2.07. The summed E-state index contributed by atoms with van der Waals surface area (Å²) in [6, 6.07) is 15.3. The van der Waals surface area contributed by atoms with Gasteiger partial charge in [0.15, 0.2) is 0 Å². The van der Waals surface area contributed by atoms with E-state index in [1.165, 1.54) is 0 Å². The van der Waals surface area contributed by atoms with Crippen LogP contribution in [-0.4, -0.2) is 27.8 Å². The van der Waals surface area contributed by atoms with Crippen LogP contribution in [-0.2, 0) is 6.54 Å². The van der Waals surface area contributed by atoms with Crippen LogP contribution in [0.2, 0.25) is 0 Å². The van der Waals surface area contributed by atoms with Crippen molar-refractivity contribution in [3.8, 4) is 0 Å². The molecule has 2 rings (SSSR count). The van der Waals surface area contributed by atoms with Crippen LogP contribution < -0.4 is 0 Å². The zero-order valence-corrected chi connectivity index (χ0v) is 12.3. The minimum atomic E-state index is -0.0217. The summed E-state index contributed by atoms with van der Waals surface area (Å²) in [5.74, 6) is -0.0217. The molecular formula is C17H19N3O. The maximum absolute atomic E-state index is 12.5. The van der Waals surface area contributed by atoms with E-state index >= 15 is 0 Å². The third-order valence-electron chi connectivity index (χ3n) is 3.04. The number of nitrogens with zero attached hydrogens (tertiary/aromatic N) is 2. The number of H-pyrrole nitrogens is 1. The fourth-order valence-corrected chi connectivity index (χ4v) is 1.98. The molecule has 0 saturated carbocycles. The lowest BCUT2D eigenvalue weighted by molar-refractivity contribution is 0.0785. The highest BCUT2D eigenvalue weighted by molar-refractivity contribution is 5.93. The van der Waals surface area contributed by atoms with Crippen molar-refractivity contribution < 1.29 is 4.79 Å². The molecule has 0 spiro atoms. The Morgan fingerprint density at radius 1 is 1.19 bits per heavy atom. The molecule has 0 aliphatic carbocycles. The Labute approximate surface area is 124 Å². The predicted octanol–water partition coefficient (Wildman–Crippen LogP) is 3.11. The zero-order chi connectivity index (χ0) is 15.1. The maximum Gasteiger partial charge on any atom is 0.253 e. The zero-order valence-electron chi connectivity index (χ0n) is 12.3. The van der Waals surface area contributed by atoms with Gasteiger partial charge in [-0.15, -0.1) is 0 Å². The fraction of sp³-hybridized carbons (Fsp3) is 0.176. The molecule has 108 valence electrons. The van der Waals surface area contributed by atoms with Gasteiger partial charge in [0.05, 0.1) is 6.33 Å². The number of benzene rings is 1. The van der Waals surface area contributed by atoms with Gasteiger partial charge in [-0.25, -0.2) is 4.98 Å². The average molecular weight is 281 g/mol. The van der Waals surface area contributed by atoms with Gasteiger partial charge in [-0.3, -0.25) is 4.79 Å². The van der Waals surface area contributed by atoms with Gasteiger partial charge < -0.3 is 9.88 Å². The molecule has 1 amide bonds. The minimum absolute atomic E-state index is 0.0217. The van der Waals surface area contributed by atoms with E-state index in [0.717, 1.165) is 11.3 Å². The maximum atomic E-state index is 12.5. The summed E-state index contributed by atoms with van der Waals surface area (Å²) >= 11 is 0. The lowest BCUT2D eigenvalue weighted by atomic mass is 10.2. The number of aryl methyl sites for hydroxylation is 1. The molecule has 2 aromatic rings. The SMILES string of the molecule is Cc1cc(C(=O)N(C)Cc2ccccc2)cccnc[nH]1. The molecule has 0 aliphatic rings. The van der Waals surface area contributed by atoms with Crippen LogP contribution in [0.15, 0.2) is 61.1 Å². The van der Waals surface area contributed by atoms with Crippen molar-refractivity contribution in [3.63, 3.8) is 0 Å². The van der Waals surface area contributed by atoms with Gasteiger partial charge in [0.1, 0.15) is 0 Å². The summed E-state index contributed by atoms with van der Waals surface area (Å²) in [6.07, 6.45) is 3.24. The number of nitrogens with one attached hydrogen (secondary N) is 1. The van der Waals surface area contributed by atoms with Gasteiger partial charge in [0, 0.05) is 31.0 Å². The second-order valence-corrected chi connectivity index (χ2v) is 4.86. The molecule has 1 aromatic carbocycles. The minimum Gasteiger partial charge on any atom is -0.350 e. The van der Waals surface area contributed by atoms with E-state index in [0.29, 0.717) is 12.1 Å². The van der Waals surface area contributed by atoms with Crippen molar-refractivity contribution in [2.45, 2.75) is 13.5 Å². The van der Waals surface area contributed by atoms with Gasteiger partial charge in [0.25, 0.3) is 5.91 Å². The molecular weight excluding hydrogens is 262 g/mol. The summed E-state index contributed by atoms with van der Waals surface area (Å²) < 4.78 is 0. The van der Waals surface area contributed by atoms with Crippen LogP contribution in [0.25, 0.3) is 0 Å². The van der Waals surface area contributed by atoms with E-state index in [9.17, 15) is 4.79 Å². The van der Waals surface area contributed by atoms with Crippen LogP contribution in [0.3, 0.4) is 0 Å². The van der Waals surface area contributed by atoms with Crippen molar-refractivity contribution >= 4 is 5.91 Å². The number of hydrogen-bond acceptors (Lipinski definition) is 2. The van der Waals surface area contributed by atoms with Gasteiger partial charge in [-0.05, 0) is 30.7 Å². The third kappa shape index (κ3) is 4.45. The number of amides is 1. The van der Waals surface area contributed by atoms with Gasteiger partial charge in [0.2, 0.25) is 0 Å². The van der Waals surface area contributed by atoms with Crippen molar-refractivity contribution in [2.24, 2.45) is 0 Å². The monoisotopic (exact) mass is 281 g/mol. The van der Waals surface area contributed by atoms with E-state index in [2.05, 4.69) is 9.97 Å². The lowest BCUT2D eigenvalue weighted by Gasteiger charge is -2.17. The van der Waals surface area contributed by atoms with Crippen molar-refractivity contribution in [1.29, 1.82) is 0 Å². The van der Waals surface area contributed by atoms with Gasteiger partial charge >= 0.3 is 0 Å². The Morgan fingerprint density at radius 3 is 2.71 bits per heavy atom. The highest BCUT2D eigenvalue weighted by atomic mass is 16.2. The summed E-state index contributed by atoms with van der Waals surface area (Å²) in [6.45, 7) is 2.48. The average Bonchev–Trinajstić information content (AvgIpc) is 2.59. The number of carbonyl (C=O) groups excluding carboxylic acids is 1. The summed E-state index contributed by atoms with van der Waals surface area (Å²) in [4.78, 5) is 21.3. The summed E-state index contributed by atoms with van der Waals surface area (Å²) in [7, 11) is 1.81. The summed E-state index contributed by atoms with van der Waals surface area (Å²) in [5, 5.41) is 0. The highest BCUT2D eigenvalue weighted by Gasteiger charge is 2.11.